The van der Waals surface area contributed by atoms with E-state index in [9.17, 15) is 13.2 Å². The number of aromatic nitrogens is 2. The van der Waals surface area contributed by atoms with E-state index < -0.39 is 10.0 Å². The predicted molar refractivity (Wildman–Crippen MR) is 110 cm³/mol. The highest BCUT2D eigenvalue weighted by Gasteiger charge is 2.21. The fourth-order valence-electron chi connectivity index (χ4n) is 3.10. The zero-order valence-electron chi connectivity index (χ0n) is 16.2. The van der Waals surface area contributed by atoms with Crippen LogP contribution >= 0.6 is 0 Å². The van der Waals surface area contributed by atoms with Crippen molar-refractivity contribution < 1.29 is 13.2 Å². The summed E-state index contributed by atoms with van der Waals surface area (Å²) in [5.41, 5.74) is 2.06. The quantitative estimate of drug-likeness (QED) is 0.451. The molecular weight excluding hydrogens is 374 g/mol. The molecule has 0 atom stereocenters. The third-order valence-corrected chi connectivity index (χ3v) is 6.69. The minimum Gasteiger partial charge on any atom is -0.303 e. The minimum absolute atomic E-state index is 0.187. The maximum absolute atomic E-state index is 12.5. The average molecular weight is 398 g/mol. The second kappa shape index (κ2) is 8.08. The van der Waals surface area contributed by atoms with Crippen molar-refractivity contribution in [3.63, 3.8) is 0 Å². The second-order valence-electron chi connectivity index (χ2n) is 6.31. The van der Waals surface area contributed by atoms with Crippen molar-refractivity contribution in [2.45, 2.75) is 25.7 Å². The minimum atomic E-state index is -3.53. The van der Waals surface area contributed by atoms with Gasteiger partial charge in [-0.2, -0.15) is 4.31 Å². The number of nitrogens with zero attached hydrogens (tertiary/aromatic N) is 3. The molecule has 1 aromatic carbocycles. The fourth-order valence-corrected chi connectivity index (χ4v) is 4.55. The molecule has 0 amide bonds. The SMILES string of the molecule is CCN(CC)S(=O)(=O)c1ccc(C(=O)/C=C/c2nc(C)n3ccccc23)cc1. The summed E-state index contributed by atoms with van der Waals surface area (Å²) in [4.78, 5) is 17.2. The molecular formula is C21H23N3O3S. The Morgan fingerprint density at radius 2 is 1.79 bits per heavy atom. The van der Waals surface area contributed by atoms with Crippen LogP contribution in [0.5, 0.6) is 0 Å². The van der Waals surface area contributed by atoms with Crippen molar-refractivity contribution in [1.29, 1.82) is 0 Å². The van der Waals surface area contributed by atoms with Gasteiger partial charge in [0.15, 0.2) is 5.78 Å². The van der Waals surface area contributed by atoms with E-state index in [4.69, 9.17) is 0 Å². The molecule has 0 aliphatic heterocycles. The van der Waals surface area contributed by atoms with Crippen molar-refractivity contribution in [1.82, 2.24) is 13.7 Å². The average Bonchev–Trinajstić information content (AvgIpc) is 3.03. The van der Waals surface area contributed by atoms with Gasteiger partial charge in [-0.1, -0.05) is 19.9 Å². The Hall–Kier alpha value is -2.77. The molecule has 0 bridgehead atoms. The predicted octanol–water partition coefficient (Wildman–Crippen LogP) is 3.57. The van der Waals surface area contributed by atoms with Crippen LogP contribution in [0.2, 0.25) is 0 Å². The molecule has 0 N–H and O–H groups in total. The first-order valence-electron chi connectivity index (χ1n) is 9.14. The molecule has 3 aromatic rings. The molecule has 7 heteroatoms. The van der Waals surface area contributed by atoms with Crippen molar-refractivity contribution >= 4 is 27.4 Å². The Balaban J connectivity index is 1.82. The molecule has 0 radical (unpaired) electrons. The van der Waals surface area contributed by atoms with Crippen molar-refractivity contribution in [2.24, 2.45) is 0 Å². The third kappa shape index (κ3) is 3.76. The number of ketones is 1. The first-order valence-corrected chi connectivity index (χ1v) is 10.6. The van der Waals surface area contributed by atoms with E-state index >= 15 is 0 Å². The first kappa shape index (κ1) is 20.0. The van der Waals surface area contributed by atoms with Gasteiger partial charge in [-0.3, -0.25) is 4.79 Å². The largest absolute Gasteiger partial charge is 0.303 e. The lowest BCUT2D eigenvalue weighted by molar-refractivity contribution is 0.104. The van der Waals surface area contributed by atoms with E-state index in [2.05, 4.69) is 4.98 Å². The van der Waals surface area contributed by atoms with Gasteiger partial charge in [-0.15, -0.1) is 0 Å². The molecule has 0 saturated carbocycles. The highest BCUT2D eigenvalue weighted by Crippen LogP contribution is 2.18. The molecule has 0 spiro atoms. The summed E-state index contributed by atoms with van der Waals surface area (Å²) in [5, 5.41) is 0. The van der Waals surface area contributed by atoms with E-state index in [1.54, 1.807) is 32.1 Å². The molecule has 0 aliphatic rings. The van der Waals surface area contributed by atoms with E-state index in [-0.39, 0.29) is 10.7 Å². The number of imidazole rings is 1. The normalized spacial score (nSPS) is 12.3. The van der Waals surface area contributed by atoms with Crippen LogP contribution in [0.15, 0.2) is 59.6 Å². The van der Waals surface area contributed by atoms with E-state index in [1.165, 1.54) is 22.5 Å². The van der Waals surface area contributed by atoms with Crippen LogP contribution in [-0.4, -0.2) is 41.0 Å². The van der Waals surface area contributed by atoms with Crippen molar-refractivity contribution in [3.8, 4) is 0 Å². The van der Waals surface area contributed by atoms with Gasteiger partial charge in [-0.05, 0) is 55.5 Å². The summed E-state index contributed by atoms with van der Waals surface area (Å²) in [6.45, 7) is 6.30. The van der Waals surface area contributed by atoms with Crippen LogP contribution in [0, 0.1) is 6.92 Å². The number of aryl methyl sites for hydroxylation is 1. The Morgan fingerprint density at radius 1 is 1.11 bits per heavy atom. The zero-order valence-corrected chi connectivity index (χ0v) is 17.0. The van der Waals surface area contributed by atoms with E-state index in [0.29, 0.717) is 24.3 Å². The van der Waals surface area contributed by atoms with Gasteiger partial charge in [0, 0.05) is 24.8 Å². The standard InChI is InChI=1S/C21H23N3O3S/c1-4-23(5-2)28(26,27)18-11-9-17(10-12-18)21(25)14-13-19-20-8-6-7-15-24(20)16(3)22-19/h6-15H,4-5H2,1-3H3/b14-13+. The maximum atomic E-state index is 12.5. The van der Waals surface area contributed by atoms with Gasteiger partial charge in [0.25, 0.3) is 0 Å². The topological polar surface area (TPSA) is 71.8 Å². The lowest BCUT2D eigenvalue weighted by Gasteiger charge is -2.18. The monoisotopic (exact) mass is 397 g/mol. The number of pyridine rings is 1. The number of carbonyl (C=O) groups is 1. The third-order valence-electron chi connectivity index (χ3n) is 4.63. The van der Waals surface area contributed by atoms with Gasteiger partial charge < -0.3 is 4.40 Å². The maximum Gasteiger partial charge on any atom is 0.243 e. The fraction of sp³-hybridized carbons (Fsp3) is 0.238. The Kier molecular flexibility index (Phi) is 5.76. The number of fused-ring (bicyclic) bond motifs is 1. The number of carbonyl (C=O) groups excluding carboxylic acids is 1. The molecule has 0 aliphatic carbocycles. The summed E-state index contributed by atoms with van der Waals surface area (Å²) >= 11 is 0. The van der Waals surface area contributed by atoms with Crippen LogP contribution in [0.3, 0.4) is 0 Å². The highest BCUT2D eigenvalue weighted by atomic mass is 32.2. The molecule has 2 aromatic heterocycles. The summed E-state index contributed by atoms with van der Waals surface area (Å²) in [5.74, 6) is 0.634. The Morgan fingerprint density at radius 3 is 2.43 bits per heavy atom. The number of rotatable bonds is 7. The van der Waals surface area contributed by atoms with E-state index in [1.807, 2.05) is 35.7 Å². The van der Waals surface area contributed by atoms with Crippen molar-refractivity contribution in [3.05, 3.63) is 71.8 Å². The van der Waals surface area contributed by atoms with Crippen LogP contribution in [0.25, 0.3) is 11.6 Å². The summed E-state index contributed by atoms with van der Waals surface area (Å²) in [6, 6.07) is 11.8. The van der Waals surface area contributed by atoms with Gasteiger partial charge in [0.05, 0.1) is 16.1 Å². The molecule has 0 saturated heterocycles. The van der Waals surface area contributed by atoms with Gasteiger partial charge in [-0.25, -0.2) is 13.4 Å². The number of benzene rings is 1. The summed E-state index contributed by atoms with van der Waals surface area (Å²) in [6.07, 6.45) is 5.07. The van der Waals surface area contributed by atoms with Gasteiger partial charge >= 0.3 is 0 Å². The lowest BCUT2D eigenvalue weighted by atomic mass is 10.1. The zero-order chi connectivity index (χ0) is 20.3. The number of hydrogen-bond acceptors (Lipinski definition) is 4. The molecule has 28 heavy (non-hydrogen) atoms. The molecule has 0 fully saturated rings. The molecule has 6 nitrogen and oxygen atoms in total. The number of hydrogen-bond donors (Lipinski definition) is 0. The van der Waals surface area contributed by atoms with E-state index in [0.717, 1.165) is 11.3 Å². The number of sulfonamides is 1. The van der Waals surface area contributed by atoms with Crippen LogP contribution < -0.4 is 0 Å². The molecule has 146 valence electrons. The summed E-state index contributed by atoms with van der Waals surface area (Å²) < 4.78 is 28.4. The van der Waals surface area contributed by atoms with Gasteiger partial charge in [0.2, 0.25) is 10.0 Å². The van der Waals surface area contributed by atoms with Crippen molar-refractivity contribution in [2.75, 3.05) is 13.1 Å². The van der Waals surface area contributed by atoms with Crippen LogP contribution in [-0.2, 0) is 10.0 Å². The van der Waals surface area contributed by atoms with Crippen LogP contribution in [0.4, 0.5) is 0 Å². The summed E-state index contributed by atoms with van der Waals surface area (Å²) in [7, 11) is -3.53. The molecule has 2 heterocycles. The van der Waals surface area contributed by atoms with Gasteiger partial charge in [0.1, 0.15) is 5.82 Å². The van der Waals surface area contributed by atoms with Crippen LogP contribution in [0.1, 0.15) is 35.7 Å². The lowest BCUT2D eigenvalue weighted by Crippen LogP contribution is -2.30. The first-order chi connectivity index (χ1) is 13.4. The molecule has 0 unspecified atom stereocenters. The molecule has 3 rings (SSSR count). The highest BCUT2D eigenvalue weighted by molar-refractivity contribution is 7.89. The smallest absolute Gasteiger partial charge is 0.243 e. The second-order valence-corrected chi connectivity index (χ2v) is 8.25. The Labute approximate surface area is 165 Å². The Bertz CT molecular complexity index is 1130. The number of allylic oxidation sites excluding steroid dienone is 1.